The highest BCUT2D eigenvalue weighted by Gasteiger charge is 2.25. The van der Waals surface area contributed by atoms with Crippen molar-refractivity contribution in [3.8, 4) is 5.75 Å². The van der Waals surface area contributed by atoms with Gasteiger partial charge in [-0.3, -0.25) is 4.90 Å². The molecule has 0 atom stereocenters. The van der Waals surface area contributed by atoms with Gasteiger partial charge in [0.05, 0.1) is 12.8 Å². The molecule has 1 aliphatic heterocycles. The van der Waals surface area contributed by atoms with Gasteiger partial charge in [0, 0.05) is 38.1 Å². The number of anilines is 1. The zero-order valence-electron chi connectivity index (χ0n) is 13.4. The third kappa shape index (κ3) is 5.34. The first-order valence-electron chi connectivity index (χ1n) is 7.12. The zero-order valence-corrected chi connectivity index (χ0v) is 15.1. The van der Waals surface area contributed by atoms with Gasteiger partial charge in [-0.15, -0.1) is 24.8 Å². The lowest BCUT2D eigenvalue weighted by atomic mass is 9.95. The number of para-hydroxylation sites is 2. The number of hydrogen-bond donors (Lipinski definition) is 0. The highest BCUT2D eigenvalue weighted by atomic mass is 35.5. The van der Waals surface area contributed by atoms with E-state index in [-0.39, 0.29) is 30.2 Å². The molecule has 6 heteroatoms. The maximum atomic E-state index is 11.0. The summed E-state index contributed by atoms with van der Waals surface area (Å²) < 4.78 is 5.42. The molecule has 0 unspecified atom stereocenters. The van der Waals surface area contributed by atoms with Crippen LogP contribution in [0, 0.1) is 5.41 Å². The van der Waals surface area contributed by atoms with Gasteiger partial charge in [0.25, 0.3) is 0 Å². The summed E-state index contributed by atoms with van der Waals surface area (Å²) >= 11 is 0. The lowest BCUT2D eigenvalue weighted by molar-refractivity contribution is -0.115. The molecule has 0 radical (unpaired) electrons. The summed E-state index contributed by atoms with van der Waals surface area (Å²) in [5.74, 6) is 0.925. The van der Waals surface area contributed by atoms with Gasteiger partial charge in [0.1, 0.15) is 12.0 Å². The van der Waals surface area contributed by atoms with E-state index in [1.54, 1.807) is 7.11 Å². The first-order chi connectivity index (χ1) is 9.55. The van der Waals surface area contributed by atoms with E-state index < -0.39 is 0 Å². The second kappa shape index (κ2) is 9.23. The SMILES string of the molecule is COc1ccccc1N1CCN(CC(C)(C)C=O)CC1.Cl.Cl. The number of carbonyl (C=O) groups excluding carboxylic acids is 1. The van der Waals surface area contributed by atoms with E-state index in [9.17, 15) is 4.79 Å². The van der Waals surface area contributed by atoms with Crippen LogP contribution in [0.4, 0.5) is 5.69 Å². The first kappa shape index (κ1) is 21.0. The molecule has 1 heterocycles. The molecule has 1 aliphatic rings. The van der Waals surface area contributed by atoms with Gasteiger partial charge in [-0.05, 0) is 12.1 Å². The molecule has 0 saturated carbocycles. The molecule has 1 saturated heterocycles. The highest BCUT2D eigenvalue weighted by Crippen LogP contribution is 2.28. The number of nitrogens with zero attached hydrogens (tertiary/aromatic N) is 2. The summed E-state index contributed by atoms with van der Waals surface area (Å²) in [6.07, 6.45) is 1.06. The Bertz CT molecular complexity index is 461. The minimum Gasteiger partial charge on any atom is -0.495 e. The van der Waals surface area contributed by atoms with Gasteiger partial charge in [-0.1, -0.05) is 26.0 Å². The van der Waals surface area contributed by atoms with Crippen LogP contribution in [0.3, 0.4) is 0 Å². The van der Waals surface area contributed by atoms with Crippen LogP contribution in [0.5, 0.6) is 5.75 Å². The van der Waals surface area contributed by atoms with Crippen molar-refractivity contribution in [1.82, 2.24) is 4.90 Å². The Morgan fingerprint density at radius 2 is 1.73 bits per heavy atom. The Morgan fingerprint density at radius 1 is 1.14 bits per heavy atom. The highest BCUT2D eigenvalue weighted by molar-refractivity contribution is 5.85. The molecule has 1 aromatic rings. The number of benzene rings is 1. The van der Waals surface area contributed by atoms with Gasteiger partial charge < -0.3 is 14.4 Å². The number of ether oxygens (including phenoxy) is 1. The molecule has 126 valence electrons. The minimum atomic E-state index is -0.257. The Morgan fingerprint density at radius 3 is 2.27 bits per heavy atom. The Labute approximate surface area is 145 Å². The maximum Gasteiger partial charge on any atom is 0.142 e. The number of hydrogen-bond acceptors (Lipinski definition) is 4. The molecule has 1 aromatic carbocycles. The van der Waals surface area contributed by atoms with Gasteiger partial charge in [-0.2, -0.15) is 0 Å². The second-order valence-electron chi connectivity index (χ2n) is 6.04. The van der Waals surface area contributed by atoms with Crippen LogP contribution in [0.15, 0.2) is 24.3 Å². The molecule has 0 spiro atoms. The predicted molar refractivity (Wildman–Crippen MR) is 96.0 cm³/mol. The summed E-state index contributed by atoms with van der Waals surface area (Å²) in [6, 6.07) is 8.13. The van der Waals surface area contributed by atoms with Crippen molar-refractivity contribution in [3.05, 3.63) is 24.3 Å². The van der Waals surface area contributed by atoms with Crippen molar-refractivity contribution in [2.45, 2.75) is 13.8 Å². The quantitative estimate of drug-likeness (QED) is 0.766. The van der Waals surface area contributed by atoms with Crippen molar-refractivity contribution in [3.63, 3.8) is 0 Å². The number of aldehydes is 1. The average molecular weight is 349 g/mol. The predicted octanol–water partition coefficient (Wildman–Crippen LogP) is 2.89. The van der Waals surface area contributed by atoms with Crippen LogP contribution in [0.1, 0.15) is 13.8 Å². The molecule has 0 aliphatic carbocycles. The summed E-state index contributed by atoms with van der Waals surface area (Å²) in [5, 5.41) is 0. The van der Waals surface area contributed by atoms with Crippen LogP contribution in [-0.2, 0) is 4.79 Å². The standard InChI is InChI=1S/C16H24N2O2.2ClH/c1-16(2,13-19)12-17-8-10-18(11-9-17)14-6-4-5-7-15(14)20-3;;/h4-7,13H,8-12H2,1-3H3;2*1H. The van der Waals surface area contributed by atoms with Crippen LogP contribution < -0.4 is 9.64 Å². The van der Waals surface area contributed by atoms with Gasteiger partial charge in [0.2, 0.25) is 0 Å². The number of piperazine rings is 1. The molecular formula is C16H26Cl2N2O2. The third-order valence-corrected chi connectivity index (χ3v) is 3.75. The van der Waals surface area contributed by atoms with E-state index in [2.05, 4.69) is 15.9 Å². The number of methoxy groups -OCH3 is 1. The van der Waals surface area contributed by atoms with E-state index >= 15 is 0 Å². The maximum absolute atomic E-state index is 11.0. The first-order valence-corrected chi connectivity index (χ1v) is 7.12. The van der Waals surface area contributed by atoms with E-state index in [1.165, 1.54) is 0 Å². The van der Waals surface area contributed by atoms with Crippen molar-refractivity contribution in [1.29, 1.82) is 0 Å². The largest absolute Gasteiger partial charge is 0.495 e. The summed E-state index contributed by atoms with van der Waals surface area (Å²) in [4.78, 5) is 15.7. The van der Waals surface area contributed by atoms with Crippen LogP contribution in [0.2, 0.25) is 0 Å². The fourth-order valence-electron chi connectivity index (χ4n) is 2.65. The molecule has 4 nitrogen and oxygen atoms in total. The Balaban J connectivity index is 0.00000220. The number of halogens is 2. The fraction of sp³-hybridized carbons (Fsp3) is 0.562. The summed E-state index contributed by atoms with van der Waals surface area (Å²) in [6.45, 7) is 8.71. The molecule has 22 heavy (non-hydrogen) atoms. The van der Waals surface area contributed by atoms with Crippen LogP contribution in [0.25, 0.3) is 0 Å². The zero-order chi connectivity index (χ0) is 14.6. The summed E-state index contributed by atoms with van der Waals surface area (Å²) in [7, 11) is 1.71. The number of carbonyl (C=O) groups is 1. The van der Waals surface area contributed by atoms with Gasteiger partial charge in [0.15, 0.2) is 0 Å². The average Bonchev–Trinajstić information content (AvgIpc) is 2.48. The molecular weight excluding hydrogens is 323 g/mol. The molecule has 0 bridgehead atoms. The van der Waals surface area contributed by atoms with Gasteiger partial charge in [-0.25, -0.2) is 0 Å². The second-order valence-corrected chi connectivity index (χ2v) is 6.04. The van der Waals surface area contributed by atoms with Crippen molar-refractivity contribution < 1.29 is 9.53 Å². The molecule has 0 N–H and O–H groups in total. The monoisotopic (exact) mass is 348 g/mol. The van der Waals surface area contributed by atoms with E-state index in [0.717, 1.165) is 50.4 Å². The lowest BCUT2D eigenvalue weighted by Gasteiger charge is -2.38. The smallest absolute Gasteiger partial charge is 0.142 e. The van der Waals surface area contributed by atoms with E-state index in [4.69, 9.17) is 4.74 Å². The van der Waals surface area contributed by atoms with E-state index in [0.29, 0.717) is 0 Å². The topological polar surface area (TPSA) is 32.8 Å². The van der Waals surface area contributed by atoms with E-state index in [1.807, 2.05) is 32.0 Å². The molecule has 0 amide bonds. The van der Waals surface area contributed by atoms with Crippen molar-refractivity contribution in [2.75, 3.05) is 44.7 Å². The third-order valence-electron chi connectivity index (χ3n) is 3.75. The van der Waals surface area contributed by atoms with Crippen molar-refractivity contribution >= 4 is 36.8 Å². The Hall–Kier alpha value is -0.970. The van der Waals surface area contributed by atoms with Crippen LogP contribution >= 0.6 is 24.8 Å². The van der Waals surface area contributed by atoms with Crippen LogP contribution in [-0.4, -0.2) is 51.0 Å². The molecule has 0 aromatic heterocycles. The molecule has 2 rings (SSSR count). The number of rotatable bonds is 5. The fourth-order valence-corrected chi connectivity index (χ4v) is 2.65. The lowest BCUT2D eigenvalue weighted by Crippen LogP contribution is -2.49. The summed E-state index contributed by atoms with van der Waals surface area (Å²) in [5.41, 5.74) is 0.899. The molecule has 1 fully saturated rings. The minimum absolute atomic E-state index is 0. The Kier molecular flexibility index (Phi) is 8.83. The normalized spacial score (nSPS) is 15.5. The van der Waals surface area contributed by atoms with Gasteiger partial charge >= 0.3 is 0 Å². The van der Waals surface area contributed by atoms with Crippen molar-refractivity contribution in [2.24, 2.45) is 5.41 Å².